The van der Waals surface area contributed by atoms with Gasteiger partial charge in [-0.3, -0.25) is 0 Å². The predicted molar refractivity (Wildman–Crippen MR) is 81.9 cm³/mol. The molecule has 1 heterocycles. The first-order valence-electron chi connectivity index (χ1n) is 6.48. The van der Waals surface area contributed by atoms with Crippen LogP contribution in [-0.2, 0) is 0 Å². The van der Waals surface area contributed by atoms with Gasteiger partial charge in [-0.1, -0.05) is 0 Å². The maximum atomic E-state index is 11.3. The van der Waals surface area contributed by atoms with Crippen LogP contribution in [0.1, 0.15) is 10.5 Å². The minimum atomic E-state index is -1.12. The van der Waals surface area contributed by atoms with Crippen molar-refractivity contribution in [2.45, 2.75) is 0 Å². The molecule has 0 aliphatic rings. The molecule has 22 heavy (non-hydrogen) atoms. The molecule has 0 bridgehead atoms. The third kappa shape index (κ3) is 3.08. The maximum absolute atomic E-state index is 11.3. The Hall–Kier alpha value is -2.83. The molecule has 0 radical (unpaired) electrons. The van der Waals surface area contributed by atoms with Gasteiger partial charge in [0.25, 0.3) is 0 Å². The summed E-state index contributed by atoms with van der Waals surface area (Å²) in [6.07, 6.45) is 0. The van der Waals surface area contributed by atoms with Gasteiger partial charge in [0, 0.05) is 20.2 Å². The number of hydrogen-bond acceptors (Lipinski definition) is 6. The van der Waals surface area contributed by atoms with Crippen LogP contribution in [0.2, 0.25) is 0 Å². The summed E-state index contributed by atoms with van der Waals surface area (Å²) in [5, 5.41) is 9.22. The molecule has 7 heteroatoms. The summed E-state index contributed by atoms with van der Waals surface area (Å²) in [6, 6.07) is 6.59. The fourth-order valence-electron chi connectivity index (χ4n) is 1.88. The Balaban J connectivity index is 2.67. The zero-order valence-corrected chi connectivity index (χ0v) is 12.8. The number of aromatic carboxylic acids is 1. The fourth-order valence-corrected chi connectivity index (χ4v) is 1.88. The van der Waals surface area contributed by atoms with Crippen LogP contribution in [0.5, 0.6) is 11.5 Å². The Morgan fingerprint density at radius 3 is 2.41 bits per heavy atom. The van der Waals surface area contributed by atoms with Crippen LogP contribution in [0, 0.1) is 0 Å². The molecule has 2 rings (SSSR count). The topological polar surface area (TPSA) is 84.8 Å². The van der Waals surface area contributed by atoms with Crippen molar-refractivity contribution in [3.8, 4) is 22.9 Å². The molecular weight excluding hydrogens is 286 g/mol. The number of carbonyl (C=O) groups is 1. The van der Waals surface area contributed by atoms with Crippen LogP contribution in [0.15, 0.2) is 24.3 Å². The number of carboxylic acid groups (broad SMARTS) is 1. The minimum Gasteiger partial charge on any atom is -0.497 e. The monoisotopic (exact) mass is 303 g/mol. The number of rotatable bonds is 5. The second-order valence-corrected chi connectivity index (χ2v) is 4.70. The van der Waals surface area contributed by atoms with Crippen molar-refractivity contribution in [1.29, 1.82) is 0 Å². The first kappa shape index (κ1) is 15.6. The van der Waals surface area contributed by atoms with Crippen molar-refractivity contribution in [3.63, 3.8) is 0 Å². The molecule has 0 saturated carbocycles. The van der Waals surface area contributed by atoms with E-state index in [1.54, 1.807) is 44.3 Å². The Kier molecular flexibility index (Phi) is 4.45. The summed E-state index contributed by atoms with van der Waals surface area (Å²) in [5.74, 6) is 0.778. The molecule has 0 aliphatic carbocycles. The summed E-state index contributed by atoms with van der Waals surface area (Å²) >= 11 is 0. The van der Waals surface area contributed by atoms with Gasteiger partial charge < -0.3 is 19.5 Å². The molecule has 7 nitrogen and oxygen atoms in total. The highest BCUT2D eigenvalue weighted by Gasteiger charge is 2.16. The molecule has 0 amide bonds. The molecule has 0 spiro atoms. The van der Waals surface area contributed by atoms with Gasteiger partial charge in [0.2, 0.25) is 0 Å². The van der Waals surface area contributed by atoms with Gasteiger partial charge in [-0.05, 0) is 18.2 Å². The van der Waals surface area contributed by atoms with E-state index in [0.717, 1.165) is 0 Å². The molecule has 0 fully saturated rings. The third-order valence-electron chi connectivity index (χ3n) is 3.04. The number of nitrogens with zero attached hydrogens (tertiary/aromatic N) is 3. The van der Waals surface area contributed by atoms with E-state index >= 15 is 0 Å². The third-order valence-corrected chi connectivity index (χ3v) is 3.04. The first-order chi connectivity index (χ1) is 10.5. The van der Waals surface area contributed by atoms with E-state index in [4.69, 9.17) is 9.47 Å². The van der Waals surface area contributed by atoms with Crippen LogP contribution in [-0.4, -0.2) is 49.4 Å². The van der Waals surface area contributed by atoms with Gasteiger partial charge in [0.15, 0.2) is 11.5 Å². The fraction of sp³-hybridized carbons (Fsp3) is 0.267. The normalized spacial score (nSPS) is 10.2. The van der Waals surface area contributed by atoms with Crippen LogP contribution in [0.4, 0.5) is 5.82 Å². The number of hydrogen-bond donors (Lipinski definition) is 1. The number of carboxylic acids is 1. The van der Waals surface area contributed by atoms with Gasteiger partial charge in [-0.15, -0.1) is 0 Å². The van der Waals surface area contributed by atoms with Crippen LogP contribution >= 0.6 is 0 Å². The quantitative estimate of drug-likeness (QED) is 0.903. The zero-order chi connectivity index (χ0) is 16.3. The number of benzene rings is 1. The van der Waals surface area contributed by atoms with Gasteiger partial charge in [-0.25, -0.2) is 14.8 Å². The first-order valence-corrected chi connectivity index (χ1v) is 6.48. The smallest absolute Gasteiger partial charge is 0.354 e. The van der Waals surface area contributed by atoms with E-state index in [1.807, 2.05) is 0 Å². The lowest BCUT2D eigenvalue weighted by Crippen LogP contribution is -2.14. The Morgan fingerprint density at radius 2 is 1.86 bits per heavy atom. The Bertz CT molecular complexity index is 701. The number of anilines is 1. The predicted octanol–water partition coefficient (Wildman–Crippen LogP) is 1.93. The summed E-state index contributed by atoms with van der Waals surface area (Å²) in [6.45, 7) is 0. The standard InChI is InChI=1S/C15H17N3O4/c1-18(2)13-8-11(15(19)20)16-14(17-13)10-7-9(21-3)5-6-12(10)22-4/h5-8H,1-4H3,(H,19,20). The van der Waals surface area contributed by atoms with Crippen LogP contribution < -0.4 is 14.4 Å². The summed E-state index contributed by atoms with van der Waals surface area (Å²) < 4.78 is 10.5. The number of methoxy groups -OCH3 is 2. The second-order valence-electron chi connectivity index (χ2n) is 4.70. The molecule has 1 N–H and O–H groups in total. The number of ether oxygens (including phenoxy) is 2. The van der Waals surface area contributed by atoms with Crippen molar-refractivity contribution >= 4 is 11.8 Å². The van der Waals surface area contributed by atoms with Crippen molar-refractivity contribution in [3.05, 3.63) is 30.0 Å². The van der Waals surface area contributed by atoms with Crippen molar-refractivity contribution in [2.24, 2.45) is 0 Å². The molecule has 1 aromatic heterocycles. The average Bonchev–Trinajstić information content (AvgIpc) is 2.53. The number of aromatic nitrogens is 2. The van der Waals surface area contributed by atoms with Gasteiger partial charge >= 0.3 is 5.97 Å². The largest absolute Gasteiger partial charge is 0.497 e. The van der Waals surface area contributed by atoms with E-state index in [2.05, 4.69) is 9.97 Å². The van der Waals surface area contributed by atoms with Gasteiger partial charge in [-0.2, -0.15) is 0 Å². The summed E-state index contributed by atoms with van der Waals surface area (Å²) in [5.41, 5.74) is 0.478. The summed E-state index contributed by atoms with van der Waals surface area (Å²) in [7, 11) is 6.63. The molecule has 2 aromatic rings. The molecule has 0 unspecified atom stereocenters. The highest BCUT2D eigenvalue weighted by molar-refractivity contribution is 5.87. The van der Waals surface area contributed by atoms with Crippen LogP contribution in [0.25, 0.3) is 11.4 Å². The van der Waals surface area contributed by atoms with Crippen molar-refractivity contribution in [2.75, 3.05) is 33.2 Å². The lowest BCUT2D eigenvalue weighted by molar-refractivity contribution is 0.0690. The molecule has 0 atom stereocenters. The van der Waals surface area contributed by atoms with Crippen LogP contribution in [0.3, 0.4) is 0 Å². The molecule has 0 saturated heterocycles. The lowest BCUT2D eigenvalue weighted by atomic mass is 10.1. The average molecular weight is 303 g/mol. The molecule has 1 aromatic carbocycles. The zero-order valence-electron chi connectivity index (χ0n) is 12.8. The van der Waals surface area contributed by atoms with Crippen molar-refractivity contribution < 1.29 is 19.4 Å². The Labute approximate surface area is 128 Å². The van der Waals surface area contributed by atoms with E-state index < -0.39 is 5.97 Å². The SMILES string of the molecule is COc1ccc(OC)c(-c2nc(C(=O)O)cc(N(C)C)n2)c1. The lowest BCUT2D eigenvalue weighted by Gasteiger charge is -2.15. The molecule has 0 aliphatic heterocycles. The van der Waals surface area contributed by atoms with Gasteiger partial charge in [0.05, 0.1) is 19.8 Å². The van der Waals surface area contributed by atoms with E-state index in [0.29, 0.717) is 22.9 Å². The van der Waals surface area contributed by atoms with E-state index in [9.17, 15) is 9.90 Å². The van der Waals surface area contributed by atoms with E-state index in [1.165, 1.54) is 13.2 Å². The van der Waals surface area contributed by atoms with Crippen molar-refractivity contribution in [1.82, 2.24) is 9.97 Å². The second kappa shape index (κ2) is 6.30. The van der Waals surface area contributed by atoms with Gasteiger partial charge in [0.1, 0.15) is 17.3 Å². The summed E-state index contributed by atoms with van der Waals surface area (Å²) in [4.78, 5) is 21.5. The highest BCUT2D eigenvalue weighted by atomic mass is 16.5. The van der Waals surface area contributed by atoms with E-state index in [-0.39, 0.29) is 11.5 Å². The molecule has 116 valence electrons. The maximum Gasteiger partial charge on any atom is 0.354 e. The molecular formula is C15H17N3O4. The minimum absolute atomic E-state index is 0.0847. The highest BCUT2D eigenvalue weighted by Crippen LogP contribution is 2.32. The Morgan fingerprint density at radius 1 is 1.14 bits per heavy atom.